The van der Waals surface area contributed by atoms with Crippen molar-refractivity contribution in [3.05, 3.63) is 68.0 Å². The van der Waals surface area contributed by atoms with E-state index in [1.54, 1.807) is 42.6 Å². The smallest absolute Gasteiger partial charge is 0.241 e. The second-order valence-electron chi connectivity index (χ2n) is 5.56. The molecule has 0 aliphatic heterocycles. The van der Waals surface area contributed by atoms with Crippen LogP contribution >= 0.6 is 22.7 Å². The standard InChI is InChI=1S/C18H17NO4S3/c1-12-9-14(23-2)3-6-17(12)26(21,22)19-10-15-4-5-16(25-15)18(20)13-7-8-24-11-13/h3-9,11,19H,10H2,1-2H3. The molecule has 0 aliphatic carbocycles. The summed E-state index contributed by atoms with van der Waals surface area (Å²) in [6, 6.07) is 10.1. The van der Waals surface area contributed by atoms with E-state index in [0.717, 1.165) is 4.88 Å². The quantitative estimate of drug-likeness (QED) is 0.604. The average molecular weight is 408 g/mol. The van der Waals surface area contributed by atoms with E-state index < -0.39 is 10.0 Å². The van der Waals surface area contributed by atoms with Gasteiger partial charge in [-0.25, -0.2) is 13.1 Å². The van der Waals surface area contributed by atoms with Crippen LogP contribution < -0.4 is 9.46 Å². The molecule has 8 heteroatoms. The summed E-state index contributed by atoms with van der Waals surface area (Å²) in [7, 11) is -2.12. The molecule has 0 unspecified atom stereocenters. The van der Waals surface area contributed by atoms with Crippen LogP contribution in [0.25, 0.3) is 0 Å². The average Bonchev–Trinajstić information content (AvgIpc) is 3.31. The molecule has 5 nitrogen and oxygen atoms in total. The van der Waals surface area contributed by atoms with Gasteiger partial charge in [0.15, 0.2) is 0 Å². The number of ether oxygens (including phenoxy) is 1. The van der Waals surface area contributed by atoms with Crippen molar-refractivity contribution in [1.29, 1.82) is 0 Å². The maximum atomic E-state index is 12.5. The number of thiophene rings is 2. The molecule has 1 N–H and O–H groups in total. The molecule has 0 amide bonds. The first-order valence-electron chi connectivity index (χ1n) is 7.70. The second-order valence-corrected chi connectivity index (χ2v) is 9.25. The predicted octanol–water partition coefficient (Wildman–Crippen LogP) is 3.84. The van der Waals surface area contributed by atoms with Gasteiger partial charge in [-0.05, 0) is 54.3 Å². The van der Waals surface area contributed by atoms with Crippen LogP contribution in [0.15, 0.2) is 52.1 Å². The summed E-state index contributed by atoms with van der Waals surface area (Å²) in [5.41, 5.74) is 1.26. The molecule has 2 heterocycles. The van der Waals surface area contributed by atoms with Crippen molar-refractivity contribution < 1.29 is 17.9 Å². The van der Waals surface area contributed by atoms with E-state index >= 15 is 0 Å². The van der Waals surface area contributed by atoms with Crippen LogP contribution in [0.3, 0.4) is 0 Å². The first-order chi connectivity index (χ1) is 12.4. The number of aryl methyl sites for hydroxylation is 1. The van der Waals surface area contributed by atoms with Crippen molar-refractivity contribution in [2.75, 3.05) is 7.11 Å². The summed E-state index contributed by atoms with van der Waals surface area (Å²) >= 11 is 2.76. The highest BCUT2D eigenvalue weighted by molar-refractivity contribution is 7.89. The number of rotatable bonds is 7. The number of methoxy groups -OCH3 is 1. The fourth-order valence-electron chi connectivity index (χ4n) is 2.43. The zero-order chi connectivity index (χ0) is 18.7. The Balaban J connectivity index is 1.72. The Labute approximate surface area is 160 Å². The SMILES string of the molecule is COc1ccc(S(=O)(=O)NCc2ccc(C(=O)c3ccsc3)s2)c(C)c1. The number of sulfonamides is 1. The minimum Gasteiger partial charge on any atom is -0.497 e. The Bertz CT molecular complexity index is 1020. The third-order valence-corrected chi connectivity index (χ3v) is 7.11. The van der Waals surface area contributed by atoms with Gasteiger partial charge in [0.2, 0.25) is 15.8 Å². The molecule has 3 aromatic rings. The molecular weight excluding hydrogens is 390 g/mol. The highest BCUT2D eigenvalue weighted by Crippen LogP contribution is 2.23. The van der Waals surface area contributed by atoms with Crippen molar-refractivity contribution in [3.63, 3.8) is 0 Å². The van der Waals surface area contributed by atoms with Crippen molar-refractivity contribution in [3.8, 4) is 5.75 Å². The topological polar surface area (TPSA) is 72.5 Å². The molecule has 3 rings (SSSR count). The van der Waals surface area contributed by atoms with E-state index in [2.05, 4.69) is 4.72 Å². The van der Waals surface area contributed by atoms with Crippen LogP contribution in [-0.4, -0.2) is 21.3 Å². The molecular formula is C18H17NO4S3. The number of carbonyl (C=O) groups excluding carboxylic acids is 1. The van der Waals surface area contributed by atoms with Crippen LogP contribution in [0.5, 0.6) is 5.75 Å². The van der Waals surface area contributed by atoms with Crippen LogP contribution in [0.2, 0.25) is 0 Å². The Hall–Kier alpha value is -2.00. The predicted molar refractivity (Wildman–Crippen MR) is 104 cm³/mol. The molecule has 0 saturated carbocycles. The van der Waals surface area contributed by atoms with Gasteiger partial charge >= 0.3 is 0 Å². The number of nitrogens with one attached hydrogen (secondary N) is 1. The molecule has 0 saturated heterocycles. The minimum atomic E-state index is -3.65. The third kappa shape index (κ3) is 4.04. The van der Waals surface area contributed by atoms with Crippen molar-refractivity contribution in [2.24, 2.45) is 0 Å². The van der Waals surface area contributed by atoms with Gasteiger partial charge in [0.25, 0.3) is 0 Å². The van der Waals surface area contributed by atoms with Gasteiger partial charge in [0, 0.05) is 22.4 Å². The highest BCUT2D eigenvalue weighted by Gasteiger charge is 2.18. The molecule has 0 spiro atoms. The van der Waals surface area contributed by atoms with Gasteiger partial charge in [-0.1, -0.05) is 0 Å². The first-order valence-corrected chi connectivity index (χ1v) is 10.9. The van der Waals surface area contributed by atoms with Gasteiger partial charge < -0.3 is 4.74 Å². The zero-order valence-electron chi connectivity index (χ0n) is 14.2. The number of hydrogen-bond acceptors (Lipinski definition) is 6. The molecule has 0 atom stereocenters. The Kier molecular flexibility index (Phi) is 5.57. The lowest BCUT2D eigenvalue weighted by molar-refractivity contribution is 0.104. The number of hydrogen-bond donors (Lipinski definition) is 1. The first kappa shape index (κ1) is 18.8. The van der Waals surface area contributed by atoms with E-state index in [1.807, 2.05) is 5.38 Å². The molecule has 26 heavy (non-hydrogen) atoms. The Morgan fingerprint density at radius 1 is 1.19 bits per heavy atom. The minimum absolute atomic E-state index is 0.0450. The third-order valence-electron chi connectivity index (χ3n) is 3.78. The molecule has 2 aromatic heterocycles. The van der Waals surface area contributed by atoms with E-state index in [1.165, 1.54) is 35.8 Å². The van der Waals surface area contributed by atoms with E-state index in [4.69, 9.17) is 4.74 Å². The van der Waals surface area contributed by atoms with Crippen molar-refractivity contribution in [1.82, 2.24) is 4.72 Å². The Morgan fingerprint density at radius 3 is 2.65 bits per heavy atom. The van der Waals surface area contributed by atoms with Gasteiger partial charge in [-0.15, -0.1) is 11.3 Å². The largest absolute Gasteiger partial charge is 0.497 e. The molecule has 1 aromatic carbocycles. The molecule has 0 fully saturated rings. The summed E-state index contributed by atoms with van der Waals surface area (Å²) in [6.07, 6.45) is 0. The summed E-state index contributed by atoms with van der Waals surface area (Å²) in [5, 5.41) is 3.66. The van der Waals surface area contributed by atoms with Crippen LogP contribution in [0, 0.1) is 6.92 Å². The lowest BCUT2D eigenvalue weighted by Gasteiger charge is -2.10. The van der Waals surface area contributed by atoms with Crippen LogP contribution in [0.4, 0.5) is 0 Å². The summed E-state index contributed by atoms with van der Waals surface area (Å²) in [4.78, 5) is 13.9. The Morgan fingerprint density at radius 2 is 2.00 bits per heavy atom. The van der Waals surface area contributed by atoms with Gasteiger partial charge in [-0.2, -0.15) is 11.3 Å². The lowest BCUT2D eigenvalue weighted by atomic mass is 10.2. The molecule has 0 aliphatic rings. The highest BCUT2D eigenvalue weighted by atomic mass is 32.2. The van der Waals surface area contributed by atoms with E-state index in [9.17, 15) is 13.2 Å². The van der Waals surface area contributed by atoms with Crippen LogP contribution in [0.1, 0.15) is 25.7 Å². The number of ketones is 1. The molecule has 0 radical (unpaired) electrons. The van der Waals surface area contributed by atoms with E-state index in [0.29, 0.717) is 21.8 Å². The maximum absolute atomic E-state index is 12.5. The molecule has 136 valence electrons. The van der Waals surface area contributed by atoms with Gasteiger partial charge in [-0.3, -0.25) is 4.79 Å². The second kappa shape index (κ2) is 7.71. The zero-order valence-corrected chi connectivity index (χ0v) is 16.6. The summed E-state index contributed by atoms with van der Waals surface area (Å²) in [5.74, 6) is 0.563. The normalized spacial score (nSPS) is 11.5. The van der Waals surface area contributed by atoms with Crippen molar-refractivity contribution >= 4 is 38.5 Å². The van der Waals surface area contributed by atoms with E-state index in [-0.39, 0.29) is 17.2 Å². The number of benzene rings is 1. The molecule has 0 bridgehead atoms. The fourth-order valence-corrected chi connectivity index (χ4v) is 5.29. The summed E-state index contributed by atoms with van der Waals surface area (Å²) < 4.78 is 32.8. The van der Waals surface area contributed by atoms with Gasteiger partial charge in [0.05, 0.1) is 16.9 Å². The van der Waals surface area contributed by atoms with Gasteiger partial charge in [0.1, 0.15) is 5.75 Å². The monoisotopic (exact) mass is 407 g/mol. The van der Waals surface area contributed by atoms with Crippen LogP contribution in [-0.2, 0) is 16.6 Å². The summed E-state index contributed by atoms with van der Waals surface area (Å²) in [6.45, 7) is 1.86. The maximum Gasteiger partial charge on any atom is 0.241 e. The fraction of sp³-hybridized carbons (Fsp3) is 0.167. The number of carbonyl (C=O) groups is 1. The van der Waals surface area contributed by atoms with Crippen molar-refractivity contribution in [2.45, 2.75) is 18.4 Å². The lowest BCUT2D eigenvalue weighted by Crippen LogP contribution is -2.23.